The number of ether oxygens (including phenoxy) is 2. The van der Waals surface area contributed by atoms with Gasteiger partial charge in [-0.05, 0) is 6.92 Å². The SMILES string of the molecule is CC(=O)CCC(=O)OC1(C)CCC(=O)O1. The second-order valence-electron chi connectivity index (χ2n) is 3.78. The molecule has 0 bridgehead atoms. The minimum atomic E-state index is -1.13. The molecule has 0 aromatic rings. The van der Waals surface area contributed by atoms with Crippen LogP contribution in [0.15, 0.2) is 0 Å². The molecule has 0 spiro atoms. The zero-order valence-corrected chi connectivity index (χ0v) is 8.87. The van der Waals surface area contributed by atoms with Gasteiger partial charge in [-0.2, -0.15) is 0 Å². The summed E-state index contributed by atoms with van der Waals surface area (Å²) in [6.07, 6.45) is 0.819. The molecular weight excluding hydrogens is 200 g/mol. The summed E-state index contributed by atoms with van der Waals surface area (Å²) in [5.74, 6) is -2.08. The van der Waals surface area contributed by atoms with Crippen molar-refractivity contribution in [2.45, 2.75) is 45.3 Å². The molecule has 0 amide bonds. The molecule has 1 atom stereocenters. The Morgan fingerprint density at radius 3 is 2.60 bits per heavy atom. The summed E-state index contributed by atoms with van der Waals surface area (Å²) >= 11 is 0. The number of esters is 2. The lowest BCUT2D eigenvalue weighted by Gasteiger charge is -2.22. The molecule has 1 aliphatic heterocycles. The Morgan fingerprint density at radius 2 is 2.13 bits per heavy atom. The smallest absolute Gasteiger partial charge is 0.309 e. The number of ketones is 1. The van der Waals surface area contributed by atoms with Crippen LogP contribution >= 0.6 is 0 Å². The van der Waals surface area contributed by atoms with Crippen molar-refractivity contribution in [1.29, 1.82) is 0 Å². The molecule has 5 nitrogen and oxygen atoms in total. The maximum atomic E-state index is 11.2. The molecule has 1 saturated heterocycles. The van der Waals surface area contributed by atoms with Crippen LogP contribution in [-0.2, 0) is 23.9 Å². The van der Waals surface area contributed by atoms with E-state index in [1.165, 1.54) is 6.92 Å². The molecule has 1 unspecified atom stereocenters. The van der Waals surface area contributed by atoms with Gasteiger partial charge < -0.3 is 14.3 Å². The van der Waals surface area contributed by atoms with Crippen molar-refractivity contribution in [2.75, 3.05) is 0 Å². The number of cyclic esters (lactones) is 1. The van der Waals surface area contributed by atoms with E-state index in [1.807, 2.05) is 0 Å². The summed E-state index contributed by atoms with van der Waals surface area (Å²) in [5.41, 5.74) is 0. The maximum absolute atomic E-state index is 11.2. The highest BCUT2D eigenvalue weighted by molar-refractivity contribution is 5.81. The van der Waals surface area contributed by atoms with Crippen molar-refractivity contribution in [3.05, 3.63) is 0 Å². The van der Waals surface area contributed by atoms with Crippen LogP contribution in [-0.4, -0.2) is 23.5 Å². The average molecular weight is 214 g/mol. The van der Waals surface area contributed by atoms with Gasteiger partial charge in [-0.3, -0.25) is 9.59 Å². The van der Waals surface area contributed by atoms with Crippen LogP contribution in [0.3, 0.4) is 0 Å². The van der Waals surface area contributed by atoms with Crippen LogP contribution < -0.4 is 0 Å². The van der Waals surface area contributed by atoms with Gasteiger partial charge in [-0.25, -0.2) is 0 Å². The van der Waals surface area contributed by atoms with E-state index in [4.69, 9.17) is 9.47 Å². The predicted octanol–water partition coefficient (Wildman–Crippen LogP) is 0.952. The summed E-state index contributed by atoms with van der Waals surface area (Å²) in [4.78, 5) is 32.7. The van der Waals surface area contributed by atoms with E-state index in [0.29, 0.717) is 6.42 Å². The molecule has 0 aromatic heterocycles. The lowest BCUT2D eigenvalue weighted by atomic mass is 10.2. The minimum absolute atomic E-state index is 0.0302. The monoisotopic (exact) mass is 214 g/mol. The molecule has 5 heteroatoms. The first kappa shape index (κ1) is 11.7. The third-order valence-electron chi connectivity index (χ3n) is 2.12. The van der Waals surface area contributed by atoms with Gasteiger partial charge in [-0.1, -0.05) is 0 Å². The molecule has 0 radical (unpaired) electrons. The Labute approximate surface area is 87.7 Å². The van der Waals surface area contributed by atoms with Gasteiger partial charge in [0.2, 0.25) is 0 Å². The fourth-order valence-electron chi connectivity index (χ4n) is 1.31. The van der Waals surface area contributed by atoms with E-state index < -0.39 is 11.8 Å². The minimum Gasteiger partial charge on any atom is -0.423 e. The van der Waals surface area contributed by atoms with Gasteiger partial charge in [0.1, 0.15) is 5.78 Å². The van der Waals surface area contributed by atoms with Gasteiger partial charge in [0, 0.05) is 19.8 Å². The largest absolute Gasteiger partial charge is 0.423 e. The molecule has 1 rings (SSSR count). The standard InChI is InChI=1S/C10H14O5/c1-7(11)3-4-8(12)14-10(2)6-5-9(13)15-10/h3-6H2,1-2H3. The van der Waals surface area contributed by atoms with Gasteiger partial charge in [0.05, 0.1) is 12.8 Å². The molecule has 0 aromatic carbocycles. The number of hydrogen-bond donors (Lipinski definition) is 0. The Hall–Kier alpha value is -1.39. The fourth-order valence-corrected chi connectivity index (χ4v) is 1.31. The summed E-state index contributed by atoms with van der Waals surface area (Å²) in [7, 11) is 0. The fraction of sp³-hybridized carbons (Fsp3) is 0.700. The van der Waals surface area contributed by atoms with E-state index >= 15 is 0 Å². The Balaban J connectivity index is 2.37. The summed E-state index contributed by atoms with van der Waals surface area (Å²) in [6.45, 7) is 2.95. The van der Waals surface area contributed by atoms with Gasteiger partial charge in [0.15, 0.2) is 0 Å². The zero-order chi connectivity index (χ0) is 11.5. The molecule has 15 heavy (non-hydrogen) atoms. The first-order chi connectivity index (χ1) is 6.91. The van der Waals surface area contributed by atoms with Crippen LogP contribution in [0.25, 0.3) is 0 Å². The highest BCUT2D eigenvalue weighted by atomic mass is 16.7. The maximum Gasteiger partial charge on any atom is 0.309 e. The molecule has 0 saturated carbocycles. The van der Waals surface area contributed by atoms with Crippen LogP contribution in [0.5, 0.6) is 0 Å². The molecule has 0 N–H and O–H groups in total. The third-order valence-corrected chi connectivity index (χ3v) is 2.12. The normalized spacial score (nSPS) is 24.8. The van der Waals surface area contributed by atoms with Crippen LogP contribution in [0, 0.1) is 0 Å². The first-order valence-corrected chi connectivity index (χ1v) is 4.84. The van der Waals surface area contributed by atoms with Crippen molar-refractivity contribution in [1.82, 2.24) is 0 Å². The highest BCUT2D eigenvalue weighted by Gasteiger charge is 2.39. The van der Waals surface area contributed by atoms with Crippen molar-refractivity contribution >= 4 is 17.7 Å². The van der Waals surface area contributed by atoms with Crippen molar-refractivity contribution in [3.63, 3.8) is 0 Å². The van der Waals surface area contributed by atoms with E-state index in [0.717, 1.165) is 0 Å². The van der Waals surface area contributed by atoms with Crippen molar-refractivity contribution in [2.24, 2.45) is 0 Å². The Morgan fingerprint density at radius 1 is 1.47 bits per heavy atom. The van der Waals surface area contributed by atoms with Crippen LogP contribution in [0.1, 0.15) is 39.5 Å². The average Bonchev–Trinajstić information content (AvgIpc) is 2.42. The predicted molar refractivity (Wildman–Crippen MR) is 49.7 cm³/mol. The second kappa shape index (κ2) is 4.42. The zero-order valence-electron chi connectivity index (χ0n) is 8.87. The molecule has 84 valence electrons. The van der Waals surface area contributed by atoms with E-state index in [2.05, 4.69) is 0 Å². The summed E-state index contributed by atoms with van der Waals surface area (Å²) in [5, 5.41) is 0. The number of rotatable bonds is 4. The van der Waals surface area contributed by atoms with Gasteiger partial charge in [-0.15, -0.1) is 0 Å². The van der Waals surface area contributed by atoms with Crippen LogP contribution in [0.4, 0.5) is 0 Å². The third kappa shape index (κ3) is 3.69. The number of Topliss-reactive ketones (excluding diaryl/α,β-unsaturated/α-hetero) is 1. The number of carbonyl (C=O) groups excluding carboxylic acids is 3. The van der Waals surface area contributed by atoms with Gasteiger partial charge >= 0.3 is 11.9 Å². The Kier molecular flexibility index (Phi) is 3.44. The van der Waals surface area contributed by atoms with E-state index in [9.17, 15) is 14.4 Å². The van der Waals surface area contributed by atoms with Crippen molar-refractivity contribution < 1.29 is 23.9 Å². The number of hydrogen-bond acceptors (Lipinski definition) is 5. The first-order valence-electron chi connectivity index (χ1n) is 4.84. The molecule has 1 heterocycles. The second-order valence-corrected chi connectivity index (χ2v) is 3.78. The van der Waals surface area contributed by atoms with Gasteiger partial charge in [0.25, 0.3) is 5.79 Å². The highest BCUT2D eigenvalue weighted by Crippen LogP contribution is 2.27. The quantitative estimate of drug-likeness (QED) is 0.652. The molecule has 1 aliphatic rings. The number of carbonyl (C=O) groups is 3. The van der Waals surface area contributed by atoms with Crippen molar-refractivity contribution in [3.8, 4) is 0 Å². The van der Waals surface area contributed by atoms with Crippen LogP contribution in [0.2, 0.25) is 0 Å². The summed E-state index contributed by atoms with van der Waals surface area (Å²) < 4.78 is 9.84. The molecule has 1 fully saturated rings. The topological polar surface area (TPSA) is 69.7 Å². The molecule has 0 aliphatic carbocycles. The Bertz CT molecular complexity index is 296. The molecular formula is C10H14O5. The van der Waals surface area contributed by atoms with E-state index in [-0.39, 0.29) is 31.0 Å². The van der Waals surface area contributed by atoms with E-state index in [1.54, 1.807) is 6.92 Å². The summed E-state index contributed by atoms with van der Waals surface area (Å²) in [6, 6.07) is 0. The lowest BCUT2D eigenvalue weighted by Crippen LogP contribution is -2.31. The lowest BCUT2D eigenvalue weighted by molar-refractivity contribution is -0.207.